The minimum Gasteiger partial charge on any atom is -0.452 e. The Balaban J connectivity index is 1.61. The van der Waals surface area contributed by atoms with Gasteiger partial charge in [-0.2, -0.15) is 0 Å². The molecule has 1 N–H and O–H groups in total. The minimum absolute atomic E-state index is 0.310. The van der Waals surface area contributed by atoms with E-state index in [2.05, 4.69) is 5.32 Å². The van der Waals surface area contributed by atoms with E-state index < -0.39 is 5.97 Å². The molecule has 0 aromatic heterocycles. The van der Waals surface area contributed by atoms with E-state index in [4.69, 9.17) is 27.9 Å². The van der Waals surface area contributed by atoms with Crippen LogP contribution in [0.1, 0.15) is 5.56 Å². The van der Waals surface area contributed by atoms with Gasteiger partial charge in [0.2, 0.25) is 0 Å². The number of halogens is 2. The third-order valence-electron chi connectivity index (χ3n) is 3.13. The van der Waals surface area contributed by atoms with Crippen molar-refractivity contribution in [3.05, 3.63) is 70.2 Å². The first kappa shape index (κ1) is 20.4. The van der Waals surface area contributed by atoms with E-state index in [0.29, 0.717) is 22.3 Å². The van der Waals surface area contributed by atoms with E-state index in [9.17, 15) is 9.59 Å². The zero-order chi connectivity index (χ0) is 18.8. The van der Waals surface area contributed by atoms with E-state index in [1.807, 2.05) is 24.3 Å². The van der Waals surface area contributed by atoms with Crippen LogP contribution in [-0.4, -0.2) is 30.8 Å². The highest BCUT2D eigenvalue weighted by Crippen LogP contribution is 2.19. The standard InChI is InChI=1S/C19H17Cl2NO3S/c20-15-4-1-14(2-5-15)3-10-19(24)25-13-18(23)22-11-12-26-17-8-6-16(21)7-9-17/h1-10H,11-13H2,(H,22,23)/b10-3+. The van der Waals surface area contributed by atoms with E-state index in [0.717, 1.165) is 10.5 Å². The smallest absolute Gasteiger partial charge is 0.331 e. The molecule has 0 aliphatic rings. The van der Waals surface area contributed by atoms with Crippen molar-refractivity contribution in [3.8, 4) is 0 Å². The molecule has 2 rings (SSSR count). The third-order valence-corrected chi connectivity index (χ3v) is 4.65. The SMILES string of the molecule is O=C(COC(=O)/C=C/c1ccc(Cl)cc1)NCCSc1ccc(Cl)cc1. The Morgan fingerprint density at radius 3 is 2.27 bits per heavy atom. The lowest BCUT2D eigenvalue weighted by Crippen LogP contribution is -2.30. The highest BCUT2D eigenvalue weighted by molar-refractivity contribution is 7.99. The molecule has 0 saturated carbocycles. The molecular weight excluding hydrogens is 393 g/mol. The van der Waals surface area contributed by atoms with Crippen molar-refractivity contribution in [3.63, 3.8) is 0 Å². The minimum atomic E-state index is -0.578. The number of thioether (sulfide) groups is 1. The molecule has 4 nitrogen and oxygen atoms in total. The summed E-state index contributed by atoms with van der Waals surface area (Å²) in [5.74, 6) is -0.210. The highest BCUT2D eigenvalue weighted by Gasteiger charge is 2.04. The first-order chi connectivity index (χ1) is 12.5. The zero-order valence-electron chi connectivity index (χ0n) is 13.8. The van der Waals surface area contributed by atoms with Crippen LogP contribution in [0.5, 0.6) is 0 Å². The van der Waals surface area contributed by atoms with Gasteiger partial charge in [0, 0.05) is 33.3 Å². The lowest BCUT2D eigenvalue weighted by atomic mass is 10.2. The number of carbonyl (C=O) groups is 2. The molecule has 0 spiro atoms. The fourth-order valence-electron chi connectivity index (χ4n) is 1.86. The molecule has 2 aromatic rings. The predicted octanol–water partition coefficient (Wildman–Crippen LogP) is 4.46. The van der Waals surface area contributed by atoms with E-state index >= 15 is 0 Å². The summed E-state index contributed by atoms with van der Waals surface area (Å²) in [6.07, 6.45) is 2.87. The van der Waals surface area contributed by atoms with Gasteiger partial charge < -0.3 is 10.1 Å². The molecule has 0 atom stereocenters. The summed E-state index contributed by atoms with van der Waals surface area (Å²) in [7, 11) is 0. The van der Waals surface area contributed by atoms with E-state index in [1.54, 1.807) is 42.1 Å². The van der Waals surface area contributed by atoms with Gasteiger partial charge in [-0.25, -0.2) is 4.79 Å². The van der Waals surface area contributed by atoms with Crippen molar-refractivity contribution < 1.29 is 14.3 Å². The average Bonchev–Trinajstić information content (AvgIpc) is 2.64. The van der Waals surface area contributed by atoms with Crippen LogP contribution in [0.4, 0.5) is 0 Å². The number of carbonyl (C=O) groups excluding carboxylic acids is 2. The van der Waals surface area contributed by atoms with Gasteiger partial charge in [-0.3, -0.25) is 4.79 Å². The largest absolute Gasteiger partial charge is 0.452 e. The number of ether oxygens (including phenoxy) is 1. The maximum atomic E-state index is 11.7. The summed E-state index contributed by atoms with van der Waals surface area (Å²) in [4.78, 5) is 24.3. The van der Waals surface area contributed by atoms with Crippen LogP contribution in [0.2, 0.25) is 10.0 Å². The van der Waals surface area contributed by atoms with Gasteiger partial charge in [0.25, 0.3) is 5.91 Å². The Labute approximate surface area is 166 Å². The number of hydrogen-bond donors (Lipinski definition) is 1. The summed E-state index contributed by atoms with van der Waals surface area (Å²) < 4.78 is 4.89. The summed E-state index contributed by atoms with van der Waals surface area (Å²) in [5, 5.41) is 4.01. The molecule has 0 unspecified atom stereocenters. The molecule has 2 aromatic carbocycles. The number of rotatable bonds is 8. The number of benzene rings is 2. The summed E-state index contributed by atoms with van der Waals surface area (Å²) in [6.45, 7) is 0.166. The number of amides is 1. The van der Waals surface area contributed by atoms with Crippen LogP contribution in [0, 0.1) is 0 Å². The first-order valence-electron chi connectivity index (χ1n) is 7.78. The van der Waals surface area contributed by atoms with Gasteiger partial charge in [-0.05, 0) is 48.0 Å². The third kappa shape index (κ3) is 7.95. The van der Waals surface area contributed by atoms with Crippen LogP contribution in [0.3, 0.4) is 0 Å². The normalized spacial score (nSPS) is 10.7. The van der Waals surface area contributed by atoms with Gasteiger partial charge in [0.05, 0.1) is 0 Å². The average molecular weight is 410 g/mol. The molecule has 0 radical (unpaired) electrons. The molecule has 0 aliphatic heterocycles. The van der Waals surface area contributed by atoms with Crippen LogP contribution in [0.15, 0.2) is 59.5 Å². The Hall–Kier alpha value is -1.95. The second-order valence-corrected chi connectivity index (χ2v) is 7.19. The highest BCUT2D eigenvalue weighted by atomic mass is 35.5. The van der Waals surface area contributed by atoms with Crippen LogP contribution in [0.25, 0.3) is 6.08 Å². The van der Waals surface area contributed by atoms with Crippen molar-refractivity contribution >= 4 is 52.9 Å². The fraction of sp³-hybridized carbons (Fsp3) is 0.158. The van der Waals surface area contributed by atoms with Crippen molar-refractivity contribution in [2.45, 2.75) is 4.90 Å². The number of nitrogens with one attached hydrogen (secondary N) is 1. The maximum Gasteiger partial charge on any atom is 0.331 e. The molecule has 0 fully saturated rings. The Kier molecular flexibility index (Phi) is 8.54. The molecule has 1 amide bonds. The van der Waals surface area contributed by atoms with Crippen molar-refractivity contribution in [2.24, 2.45) is 0 Å². The Bertz CT molecular complexity index is 761. The van der Waals surface area contributed by atoms with Crippen LogP contribution in [-0.2, 0) is 14.3 Å². The topological polar surface area (TPSA) is 55.4 Å². The Morgan fingerprint density at radius 2 is 1.62 bits per heavy atom. The molecule has 0 heterocycles. The zero-order valence-corrected chi connectivity index (χ0v) is 16.1. The van der Waals surface area contributed by atoms with E-state index in [1.165, 1.54) is 6.08 Å². The predicted molar refractivity (Wildman–Crippen MR) is 107 cm³/mol. The van der Waals surface area contributed by atoms with Crippen molar-refractivity contribution in [1.29, 1.82) is 0 Å². The summed E-state index contributed by atoms with van der Waals surface area (Å²) >= 11 is 13.2. The second-order valence-electron chi connectivity index (χ2n) is 5.14. The van der Waals surface area contributed by atoms with Gasteiger partial charge in [0.15, 0.2) is 6.61 Å². The second kappa shape index (κ2) is 10.9. The molecule has 7 heteroatoms. The van der Waals surface area contributed by atoms with Gasteiger partial charge in [-0.1, -0.05) is 35.3 Å². The number of hydrogen-bond acceptors (Lipinski definition) is 4. The van der Waals surface area contributed by atoms with Gasteiger partial charge in [0.1, 0.15) is 0 Å². The lowest BCUT2D eigenvalue weighted by molar-refractivity contribution is -0.143. The Morgan fingerprint density at radius 1 is 1.00 bits per heavy atom. The van der Waals surface area contributed by atoms with Crippen LogP contribution < -0.4 is 5.32 Å². The quantitative estimate of drug-likeness (QED) is 0.302. The maximum absolute atomic E-state index is 11.7. The number of esters is 1. The molecule has 0 bridgehead atoms. The fourth-order valence-corrected chi connectivity index (χ4v) is 2.88. The van der Waals surface area contributed by atoms with Crippen molar-refractivity contribution in [2.75, 3.05) is 18.9 Å². The first-order valence-corrected chi connectivity index (χ1v) is 9.52. The molecule has 0 saturated heterocycles. The van der Waals surface area contributed by atoms with Crippen molar-refractivity contribution in [1.82, 2.24) is 5.32 Å². The van der Waals surface area contributed by atoms with Crippen LogP contribution >= 0.6 is 35.0 Å². The molecular formula is C19H17Cl2NO3S. The molecule has 0 aliphatic carbocycles. The monoisotopic (exact) mass is 409 g/mol. The van der Waals surface area contributed by atoms with E-state index in [-0.39, 0.29) is 12.5 Å². The lowest BCUT2D eigenvalue weighted by Gasteiger charge is -2.05. The summed E-state index contributed by atoms with van der Waals surface area (Å²) in [5.41, 5.74) is 0.815. The van der Waals surface area contributed by atoms with Gasteiger partial charge in [-0.15, -0.1) is 11.8 Å². The summed E-state index contributed by atoms with van der Waals surface area (Å²) in [6, 6.07) is 14.5. The molecule has 26 heavy (non-hydrogen) atoms. The molecule has 136 valence electrons. The van der Waals surface area contributed by atoms with Gasteiger partial charge >= 0.3 is 5.97 Å².